The van der Waals surface area contributed by atoms with Gasteiger partial charge in [-0.05, 0) is 30.4 Å². The highest BCUT2D eigenvalue weighted by Gasteiger charge is 2.50. The number of thiocarbonyl (C=S) groups is 1. The van der Waals surface area contributed by atoms with Crippen molar-refractivity contribution in [3.63, 3.8) is 0 Å². The molecule has 0 aromatic carbocycles. The maximum Gasteiger partial charge on any atom is 0.269 e. The lowest BCUT2D eigenvalue weighted by Crippen LogP contribution is -2.46. The Morgan fingerprint density at radius 2 is 2.06 bits per heavy atom. The number of amides is 1. The van der Waals surface area contributed by atoms with E-state index in [1.165, 1.54) is 6.08 Å². The molecule has 1 fully saturated rings. The van der Waals surface area contributed by atoms with Crippen LogP contribution in [0.5, 0.6) is 0 Å². The summed E-state index contributed by atoms with van der Waals surface area (Å²) in [5.74, 6) is -0.550. The molecule has 2 rings (SSSR count). The van der Waals surface area contributed by atoms with E-state index in [1.54, 1.807) is 48.5 Å². The van der Waals surface area contributed by atoms with E-state index in [0.29, 0.717) is 6.61 Å². The third-order valence-electron chi connectivity index (χ3n) is 5.80. The minimum absolute atomic E-state index is 0.0507. The minimum Gasteiger partial charge on any atom is -0.461 e. The van der Waals surface area contributed by atoms with Crippen LogP contribution in [0, 0.1) is 0 Å². The van der Waals surface area contributed by atoms with E-state index in [2.05, 4.69) is 38.8 Å². The summed E-state index contributed by atoms with van der Waals surface area (Å²) in [7, 11) is 1.34. The van der Waals surface area contributed by atoms with Crippen LogP contribution in [-0.2, 0) is 23.4 Å². The Hall–Kier alpha value is -1.79. The van der Waals surface area contributed by atoms with Crippen molar-refractivity contribution in [3.8, 4) is 0 Å². The number of aromatic nitrogens is 2. The maximum atomic E-state index is 11.2. The Labute approximate surface area is 190 Å². The largest absolute Gasteiger partial charge is 0.461 e. The summed E-state index contributed by atoms with van der Waals surface area (Å²) in [5, 5.41) is 0.288. The lowest BCUT2D eigenvalue weighted by atomic mass is 10.1. The standard InChI is InChI=1S/C20H34N4O5SSi/c1-20(2,3)31(6,7)27-12-14-16(29-19(30)24-11-9-22-13-24)17(26-5)18(28-14)23(4)10-8-15(21)25/h8-11,13-14,16-18H,12H2,1-7H3,(H2,21,25)/b10-8-/t14-,16?,17?,18-/m1/s1. The predicted octanol–water partition coefficient (Wildman–Crippen LogP) is 2.09. The molecule has 0 aliphatic carbocycles. The summed E-state index contributed by atoms with van der Waals surface area (Å²) >= 11 is 5.44. The van der Waals surface area contributed by atoms with Gasteiger partial charge in [0.25, 0.3) is 5.17 Å². The molecule has 2 N–H and O–H groups in total. The highest BCUT2D eigenvalue weighted by Crippen LogP contribution is 2.38. The monoisotopic (exact) mass is 470 g/mol. The van der Waals surface area contributed by atoms with Crippen molar-refractivity contribution in [2.24, 2.45) is 5.73 Å². The molecule has 2 unspecified atom stereocenters. The van der Waals surface area contributed by atoms with Crippen molar-refractivity contribution < 1.29 is 23.4 Å². The lowest BCUT2D eigenvalue weighted by molar-refractivity contribution is -0.113. The van der Waals surface area contributed by atoms with Gasteiger partial charge in [0.2, 0.25) is 5.91 Å². The number of ether oxygens (including phenoxy) is 3. The molecule has 0 saturated carbocycles. The number of imidazole rings is 1. The molecule has 1 amide bonds. The molecule has 0 spiro atoms. The van der Waals surface area contributed by atoms with Crippen LogP contribution < -0.4 is 5.73 Å². The first-order valence-electron chi connectivity index (χ1n) is 10.1. The Morgan fingerprint density at radius 1 is 1.39 bits per heavy atom. The van der Waals surface area contributed by atoms with Gasteiger partial charge in [0.05, 0.1) is 6.61 Å². The zero-order valence-electron chi connectivity index (χ0n) is 19.3. The van der Waals surface area contributed by atoms with Crippen LogP contribution in [0.3, 0.4) is 0 Å². The van der Waals surface area contributed by atoms with Gasteiger partial charge in [-0.25, -0.2) is 4.98 Å². The number of hydrogen-bond donors (Lipinski definition) is 1. The highest BCUT2D eigenvalue weighted by atomic mass is 32.1. The number of methoxy groups -OCH3 is 1. The fraction of sp³-hybridized carbons (Fsp3) is 0.650. The van der Waals surface area contributed by atoms with Gasteiger partial charge in [0.15, 0.2) is 20.6 Å². The zero-order valence-corrected chi connectivity index (χ0v) is 21.1. The third kappa shape index (κ3) is 6.36. The van der Waals surface area contributed by atoms with Crippen LogP contribution >= 0.6 is 12.2 Å². The van der Waals surface area contributed by atoms with Gasteiger partial charge >= 0.3 is 0 Å². The molecule has 1 aliphatic heterocycles. The normalized spacial score (nSPS) is 24.5. The van der Waals surface area contributed by atoms with E-state index >= 15 is 0 Å². The first-order valence-corrected chi connectivity index (χ1v) is 13.4. The molecular formula is C20H34N4O5SSi. The number of hydrogen-bond acceptors (Lipinski definition) is 8. The molecule has 31 heavy (non-hydrogen) atoms. The molecule has 1 aromatic rings. The number of primary amides is 1. The van der Waals surface area contributed by atoms with Crippen LogP contribution in [0.15, 0.2) is 31.0 Å². The number of rotatable bonds is 8. The van der Waals surface area contributed by atoms with Crippen molar-refractivity contribution in [3.05, 3.63) is 31.0 Å². The van der Waals surface area contributed by atoms with Gasteiger partial charge in [0, 0.05) is 38.8 Å². The first-order chi connectivity index (χ1) is 14.4. The van der Waals surface area contributed by atoms with Crippen molar-refractivity contribution in [1.29, 1.82) is 0 Å². The van der Waals surface area contributed by atoms with Gasteiger partial charge in [-0.2, -0.15) is 0 Å². The molecule has 1 aromatic heterocycles. The molecule has 9 nitrogen and oxygen atoms in total. The Balaban J connectivity index is 2.25. The Kier molecular flexibility index (Phi) is 8.39. The zero-order chi connectivity index (χ0) is 23.4. The maximum absolute atomic E-state index is 11.2. The molecular weight excluding hydrogens is 436 g/mol. The van der Waals surface area contributed by atoms with E-state index in [1.807, 2.05) is 0 Å². The van der Waals surface area contributed by atoms with Gasteiger partial charge < -0.3 is 29.3 Å². The second-order valence-corrected chi connectivity index (χ2v) is 14.2. The summed E-state index contributed by atoms with van der Waals surface area (Å²) < 4.78 is 26.2. The molecule has 0 bridgehead atoms. The van der Waals surface area contributed by atoms with Crippen molar-refractivity contribution in [2.75, 3.05) is 20.8 Å². The van der Waals surface area contributed by atoms with Gasteiger partial charge in [-0.3, -0.25) is 9.36 Å². The third-order valence-corrected chi connectivity index (χ3v) is 10.6. The quantitative estimate of drug-likeness (QED) is 0.350. The topological polar surface area (TPSA) is 101 Å². The summed E-state index contributed by atoms with van der Waals surface area (Å²) in [6.45, 7) is 11.2. The number of carbonyl (C=O) groups excluding carboxylic acids is 1. The van der Waals surface area contributed by atoms with Gasteiger partial charge in [-0.1, -0.05) is 20.8 Å². The molecule has 1 saturated heterocycles. The number of nitrogens with zero attached hydrogens (tertiary/aromatic N) is 3. The molecule has 11 heteroatoms. The SMILES string of the molecule is COC1C(OC(=S)n2ccnc2)[C@@H](CO[Si](C)(C)C(C)(C)C)O[C@H]1N(C)/C=C\C(N)=O. The summed E-state index contributed by atoms with van der Waals surface area (Å²) in [6, 6.07) is 0. The van der Waals surface area contributed by atoms with Crippen LogP contribution in [0.1, 0.15) is 20.8 Å². The number of likely N-dealkylation sites (N-methyl/N-ethyl adjacent to an activating group) is 1. The summed E-state index contributed by atoms with van der Waals surface area (Å²) in [5.41, 5.74) is 5.23. The Morgan fingerprint density at radius 3 is 2.58 bits per heavy atom. The van der Waals surface area contributed by atoms with E-state index in [-0.39, 0.29) is 10.2 Å². The fourth-order valence-electron chi connectivity index (χ4n) is 2.89. The predicted molar refractivity (Wildman–Crippen MR) is 124 cm³/mol. The minimum atomic E-state index is -2.02. The summed E-state index contributed by atoms with van der Waals surface area (Å²) in [4.78, 5) is 16.9. The number of carbonyl (C=O) groups is 1. The van der Waals surface area contributed by atoms with E-state index in [9.17, 15) is 4.79 Å². The van der Waals surface area contributed by atoms with Crippen LogP contribution in [0.25, 0.3) is 0 Å². The first kappa shape index (κ1) is 25.5. The van der Waals surface area contributed by atoms with Crippen molar-refractivity contribution >= 4 is 31.6 Å². The second-order valence-electron chi connectivity index (χ2n) is 9.04. The highest BCUT2D eigenvalue weighted by molar-refractivity contribution is 7.80. The molecule has 174 valence electrons. The molecule has 0 radical (unpaired) electrons. The molecule has 2 heterocycles. The van der Waals surface area contributed by atoms with Crippen molar-refractivity contribution in [1.82, 2.24) is 14.5 Å². The van der Waals surface area contributed by atoms with Crippen LogP contribution in [0.2, 0.25) is 18.1 Å². The smallest absolute Gasteiger partial charge is 0.269 e. The van der Waals surface area contributed by atoms with Crippen LogP contribution in [-0.4, -0.2) is 79.2 Å². The average molecular weight is 471 g/mol. The van der Waals surface area contributed by atoms with Gasteiger partial charge in [-0.15, -0.1) is 0 Å². The lowest BCUT2D eigenvalue weighted by Gasteiger charge is -2.37. The average Bonchev–Trinajstić information content (AvgIpc) is 3.31. The molecule has 4 atom stereocenters. The van der Waals surface area contributed by atoms with E-state index in [0.717, 1.165) is 0 Å². The van der Waals surface area contributed by atoms with Crippen LogP contribution in [0.4, 0.5) is 0 Å². The van der Waals surface area contributed by atoms with E-state index < -0.39 is 38.8 Å². The fourth-order valence-corrected chi connectivity index (χ4v) is 4.12. The van der Waals surface area contributed by atoms with E-state index in [4.69, 9.17) is 36.6 Å². The summed E-state index contributed by atoms with van der Waals surface area (Å²) in [6.07, 6.45) is 5.75. The van der Waals surface area contributed by atoms with Gasteiger partial charge in [0.1, 0.15) is 18.5 Å². The second kappa shape index (κ2) is 10.2. The molecule has 1 aliphatic rings. The number of nitrogens with two attached hydrogens (primary N) is 1. The Bertz CT molecular complexity index is 781. The van der Waals surface area contributed by atoms with Crippen molar-refractivity contribution in [2.45, 2.75) is 63.4 Å².